The zero-order chi connectivity index (χ0) is 25.4. The minimum absolute atomic E-state index is 0.0145. The zero-order valence-electron chi connectivity index (χ0n) is 19.2. The fourth-order valence-corrected chi connectivity index (χ4v) is 4.44. The summed E-state index contributed by atoms with van der Waals surface area (Å²) in [5.41, 5.74) is 2.40. The maximum absolute atomic E-state index is 12.7. The van der Waals surface area contributed by atoms with Crippen molar-refractivity contribution in [1.82, 2.24) is 5.01 Å². The van der Waals surface area contributed by atoms with Gasteiger partial charge in [-0.2, -0.15) is 15.1 Å². The molecular formula is C25H19N5O5S. The molecule has 2 aliphatic rings. The molecule has 0 saturated heterocycles. The SMILES string of the molecule is Cc1cccc(OCC2=NN3C(=N)/C(=C/c4ccc(-c5cc([N+](=O)[O-])ccc5C)o4)C(=O)N=C3S2)c1. The molecule has 2 aliphatic heterocycles. The average Bonchev–Trinajstić information content (AvgIpc) is 3.48. The second kappa shape index (κ2) is 9.27. The van der Waals surface area contributed by atoms with Crippen molar-refractivity contribution >= 4 is 45.5 Å². The number of aryl methyl sites for hydroxylation is 2. The first kappa shape index (κ1) is 23.2. The minimum atomic E-state index is -0.584. The molecule has 0 saturated carbocycles. The van der Waals surface area contributed by atoms with Gasteiger partial charge in [-0.25, -0.2) is 0 Å². The number of benzene rings is 2. The fraction of sp³-hybridized carbons (Fsp3) is 0.120. The molecule has 3 aromatic rings. The Labute approximate surface area is 209 Å². The van der Waals surface area contributed by atoms with Crippen molar-refractivity contribution in [3.05, 3.63) is 87.2 Å². The van der Waals surface area contributed by atoms with Crippen LogP contribution in [-0.4, -0.2) is 38.5 Å². The van der Waals surface area contributed by atoms with Crippen molar-refractivity contribution in [2.45, 2.75) is 13.8 Å². The molecule has 0 radical (unpaired) electrons. The van der Waals surface area contributed by atoms with Crippen LogP contribution in [0.1, 0.15) is 16.9 Å². The van der Waals surface area contributed by atoms with Crippen molar-refractivity contribution in [3.8, 4) is 17.1 Å². The number of thioether (sulfide) groups is 1. The van der Waals surface area contributed by atoms with Gasteiger partial charge in [-0.15, -0.1) is 0 Å². The summed E-state index contributed by atoms with van der Waals surface area (Å²) in [5.74, 6) is 0.699. The molecule has 0 unspecified atom stereocenters. The summed E-state index contributed by atoms with van der Waals surface area (Å²) in [4.78, 5) is 27.4. The molecule has 0 spiro atoms. The van der Waals surface area contributed by atoms with E-state index in [9.17, 15) is 14.9 Å². The number of nitro groups is 1. The predicted molar refractivity (Wildman–Crippen MR) is 137 cm³/mol. The molecule has 0 bridgehead atoms. The highest BCUT2D eigenvalue weighted by atomic mass is 32.2. The topological polar surface area (TPSA) is 134 Å². The zero-order valence-corrected chi connectivity index (χ0v) is 20.0. The van der Waals surface area contributed by atoms with Gasteiger partial charge in [0.1, 0.15) is 28.9 Å². The lowest BCUT2D eigenvalue weighted by Crippen LogP contribution is -2.35. The number of rotatable bonds is 6. The third-order valence-electron chi connectivity index (χ3n) is 5.46. The Morgan fingerprint density at radius 3 is 2.81 bits per heavy atom. The number of hydrogen-bond donors (Lipinski definition) is 1. The Morgan fingerprint density at radius 2 is 2.03 bits per heavy atom. The van der Waals surface area contributed by atoms with Gasteiger partial charge >= 0.3 is 0 Å². The fourth-order valence-electron chi connectivity index (χ4n) is 3.65. The number of amidine groups is 2. The highest BCUT2D eigenvalue weighted by Crippen LogP contribution is 2.32. The van der Waals surface area contributed by atoms with E-state index in [0.717, 1.165) is 11.1 Å². The highest BCUT2D eigenvalue weighted by Gasteiger charge is 2.36. The molecule has 180 valence electrons. The Morgan fingerprint density at radius 1 is 1.19 bits per heavy atom. The first-order chi connectivity index (χ1) is 17.3. The number of nitro benzene ring substituents is 1. The highest BCUT2D eigenvalue weighted by molar-refractivity contribution is 8.27. The monoisotopic (exact) mass is 501 g/mol. The van der Waals surface area contributed by atoms with Gasteiger partial charge in [-0.05, 0) is 67.1 Å². The van der Waals surface area contributed by atoms with E-state index in [2.05, 4.69) is 10.1 Å². The van der Waals surface area contributed by atoms with E-state index in [0.29, 0.717) is 27.9 Å². The van der Waals surface area contributed by atoms with Gasteiger partial charge in [0.2, 0.25) is 5.17 Å². The molecular weight excluding hydrogens is 482 g/mol. The molecule has 5 rings (SSSR count). The van der Waals surface area contributed by atoms with Crippen LogP contribution in [0.2, 0.25) is 0 Å². The normalized spacial score (nSPS) is 16.2. The summed E-state index contributed by atoms with van der Waals surface area (Å²) in [7, 11) is 0. The maximum Gasteiger partial charge on any atom is 0.283 e. The number of furan rings is 1. The van der Waals surface area contributed by atoms with Gasteiger partial charge in [-0.3, -0.25) is 20.3 Å². The van der Waals surface area contributed by atoms with Gasteiger partial charge in [0.25, 0.3) is 11.6 Å². The molecule has 1 aromatic heterocycles. The number of hydrogen-bond acceptors (Lipinski definition) is 8. The van der Waals surface area contributed by atoms with Gasteiger partial charge in [0.15, 0.2) is 5.84 Å². The number of nitrogens with one attached hydrogen (secondary N) is 1. The molecule has 2 aromatic carbocycles. The van der Waals surface area contributed by atoms with Crippen molar-refractivity contribution < 1.29 is 18.9 Å². The van der Waals surface area contributed by atoms with Gasteiger partial charge in [0, 0.05) is 17.7 Å². The number of carbonyl (C=O) groups excluding carboxylic acids is 1. The molecule has 36 heavy (non-hydrogen) atoms. The van der Waals surface area contributed by atoms with Crippen LogP contribution >= 0.6 is 11.8 Å². The maximum atomic E-state index is 12.7. The summed E-state index contributed by atoms with van der Waals surface area (Å²) in [6.07, 6.45) is 1.42. The largest absolute Gasteiger partial charge is 0.487 e. The van der Waals surface area contributed by atoms with Crippen LogP contribution in [0, 0.1) is 29.4 Å². The van der Waals surface area contributed by atoms with E-state index < -0.39 is 10.8 Å². The van der Waals surface area contributed by atoms with E-state index >= 15 is 0 Å². The summed E-state index contributed by atoms with van der Waals surface area (Å²) >= 11 is 1.17. The van der Waals surface area contributed by atoms with Crippen LogP contribution in [0.4, 0.5) is 5.69 Å². The van der Waals surface area contributed by atoms with Gasteiger partial charge in [-0.1, -0.05) is 18.2 Å². The lowest BCUT2D eigenvalue weighted by atomic mass is 10.1. The first-order valence-electron chi connectivity index (χ1n) is 10.8. The van der Waals surface area contributed by atoms with Crippen LogP contribution in [0.3, 0.4) is 0 Å². The van der Waals surface area contributed by atoms with E-state index in [-0.39, 0.29) is 28.9 Å². The van der Waals surface area contributed by atoms with E-state index in [1.807, 2.05) is 38.1 Å². The lowest BCUT2D eigenvalue weighted by Gasteiger charge is -2.19. The molecule has 0 atom stereocenters. The van der Waals surface area contributed by atoms with Crippen LogP contribution in [0.5, 0.6) is 5.75 Å². The minimum Gasteiger partial charge on any atom is -0.487 e. The van der Waals surface area contributed by atoms with Crippen LogP contribution in [0.15, 0.2) is 74.7 Å². The summed E-state index contributed by atoms with van der Waals surface area (Å²) < 4.78 is 11.6. The van der Waals surface area contributed by atoms with E-state index in [1.54, 1.807) is 18.2 Å². The molecule has 1 N–H and O–H groups in total. The number of nitrogens with zero attached hydrogens (tertiary/aromatic N) is 4. The number of amides is 1. The van der Waals surface area contributed by atoms with Crippen molar-refractivity contribution in [1.29, 1.82) is 5.41 Å². The summed E-state index contributed by atoms with van der Waals surface area (Å²) in [6.45, 7) is 3.96. The Hall–Kier alpha value is -4.51. The van der Waals surface area contributed by atoms with Crippen molar-refractivity contribution in [3.63, 3.8) is 0 Å². The molecule has 0 aliphatic carbocycles. The summed E-state index contributed by atoms with van der Waals surface area (Å²) in [6, 6.07) is 15.4. The lowest BCUT2D eigenvalue weighted by molar-refractivity contribution is -0.384. The smallest absolute Gasteiger partial charge is 0.283 e. The Bertz CT molecular complexity index is 1520. The number of carbonyl (C=O) groups is 1. The van der Waals surface area contributed by atoms with Crippen LogP contribution in [0.25, 0.3) is 17.4 Å². The predicted octanol–water partition coefficient (Wildman–Crippen LogP) is 5.17. The number of hydrazone groups is 1. The third kappa shape index (κ3) is 4.56. The molecule has 3 heterocycles. The molecule has 11 heteroatoms. The second-order valence-electron chi connectivity index (χ2n) is 8.08. The van der Waals surface area contributed by atoms with Gasteiger partial charge < -0.3 is 9.15 Å². The molecule has 10 nitrogen and oxygen atoms in total. The third-order valence-corrected chi connectivity index (χ3v) is 6.34. The van der Waals surface area contributed by atoms with Crippen LogP contribution in [-0.2, 0) is 4.79 Å². The van der Waals surface area contributed by atoms with E-state index in [4.69, 9.17) is 14.6 Å². The van der Waals surface area contributed by atoms with Crippen molar-refractivity contribution in [2.24, 2.45) is 10.1 Å². The standard InChI is InChI=1S/C25H19N5O5S/c1-14-4-3-5-17(10-14)34-13-22-28-29-23(26)20(24(31)27-25(29)36-22)12-18-8-9-21(35-18)19-11-16(30(32)33)7-6-15(19)2/h3-12,26H,13H2,1-2H3/b20-12-,26-23?. The Kier molecular flexibility index (Phi) is 5.98. The van der Waals surface area contributed by atoms with Crippen LogP contribution < -0.4 is 4.74 Å². The number of ether oxygens (including phenoxy) is 1. The van der Waals surface area contributed by atoms with E-state index in [1.165, 1.54) is 35.0 Å². The molecule has 0 fully saturated rings. The quantitative estimate of drug-likeness (QED) is 0.280. The Balaban J connectivity index is 1.36. The average molecular weight is 502 g/mol. The van der Waals surface area contributed by atoms with Gasteiger partial charge in [0.05, 0.1) is 10.5 Å². The number of fused-ring (bicyclic) bond motifs is 1. The molecule has 1 amide bonds. The number of aliphatic imine (C=N–C) groups is 1. The second-order valence-corrected chi connectivity index (χ2v) is 9.12. The first-order valence-corrected chi connectivity index (χ1v) is 11.6. The summed E-state index contributed by atoms with van der Waals surface area (Å²) in [5, 5.41) is 26.2. The van der Waals surface area contributed by atoms with Crippen molar-refractivity contribution in [2.75, 3.05) is 6.61 Å². The number of non-ortho nitro benzene ring substituents is 1.